The predicted octanol–water partition coefficient (Wildman–Crippen LogP) is 3.00. The third kappa shape index (κ3) is 15.2. The van der Waals surface area contributed by atoms with Crippen molar-refractivity contribution in [3.63, 3.8) is 0 Å². The number of benzene rings is 1. The smallest absolute Gasteiger partial charge is 0.341 e. The lowest BCUT2D eigenvalue weighted by Gasteiger charge is -2.50. The maximum absolute atomic E-state index is 14.6. The molecule has 1 unspecified atom stereocenters. The van der Waals surface area contributed by atoms with Crippen molar-refractivity contribution in [3.8, 4) is 0 Å². The number of aromatic nitrogens is 1. The minimum atomic E-state index is -4.22. The van der Waals surface area contributed by atoms with E-state index in [9.17, 15) is 48.0 Å². The van der Waals surface area contributed by atoms with Gasteiger partial charge in [0.05, 0.1) is 85.2 Å². The molecule has 23 nitrogen and oxygen atoms in total. The minimum absolute atomic E-state index is 0.0284. The highest BCUT2D eigenvalue weighted by atomic mass is 32.2. The van der Waals surface area contributed by atoms with Crippen molar-refractivity contribution < 1.29 is 85.3 Å². The van der Waals surface area contributed by atoms with Gasteiger partial charge < -0.3 is 73.5 Å². The van der Waals surface area contributed by atoms with Crippen LogP contribution in [0.15, 0.2) is 29.2 Å². The molecule has 18 atom stereocenters. The van der Waals surface area contributed by atoms with Crippen molar-refractivity contribution in [2.45, 2.75) is 192 Å². The number of aliphatic hydroxyl groups is 3. The van der Waals surface area contributed by atoms with E-state index in [1.54, 1.807) is 65.3 Å². The number of aliphatic hydroxyl groups excluding tert-OH is 2. The molecular weight excluding hydrogens is 1080 g/mol. The summed E-state index contributed by atoms with van der Waals surface area (Å²) < 4.78 is 85.6. The number of morpholine rings is 1. The fraction of sp³-hybridized carbons (Fsp3) is 0.789. The number of Topliss-reactive ketones (excluding diaryl/α,β-unsaturated/α-hetero) is 1. The number of carboxylic acids is 1. The van der Waals surface area contributed by atoms with E-state index in [-0.39, 0.29) is 54.7 Å². The van der Waals surface area contributed by atoms with Gasteiger partial charge in [0, 0.05) is 62.6 Å². The molecule has 0 aliphatic carbocycles. The van der Waals surface area contributed by atoms with Crippen LogP contribution in [0.2, 0.25) is 0 Å². The van der Waals surface area contributed by atoms with Crippen LogP contribution >= 0.6 is 0 Å². The SMILES string of the molecule is CC[C@H]1OC(=O)[C@H](C)[C@@H](O[C@H]2C[C@@](C)(OC)[C@@H](OS(=O)(=O)CCNCCCc3ccc4c(c3)c(=O)c(C(=O)O)cn4N3CCOCC3)[C@H](C)O2)[C@H](C)[C@@H](O[C@@H]2O[C@H](C)C[C@H](N(C)C)[C@H]2O)[C@](C)(OC)C[C@@H](C)C(=O)C(C)[C@@H](O)[C@]1(C)O. The molecule has 4 aliphatic heterocycles. The number of carbonyl (C=O) groups is 3. The summed E-state index contributed by atoms with van der Waals surface area (Å²) in [5.41, 5.74) is -4.28. The molecule has 1 aromatic heterocycles. The molecule has 81 heavy (non-hydrogen) atoms. The Bertz CT molecular complexity index is 2630. The number of methoxy groups -OCH3 is 2. The van der Waals surface area contributed by atoms with Crippen LogP contribution in [0.1, 0.15) is 117 Å². The molecule has 4 saturated heterocycles. The maximum atomic E-state index is 14.6. The number of fused-ring (bicyclic) bond motifs is 1. The summed E-state index contributed by atoms with van der Waals surface area (Å²) in [6, 6.07) is 5.05. The Hall–Kier alpha value is -3.73. The Morgan fingerprint density at radius 1 is 0.901 bits per heavy atom. The van der Waals surface area contributed by atoms with Gasteiger partial charge in [-0.05, 0) is 112 Å². The first kappa shape index (κ1) is 66.4. The Morgan fingerprint density at radius 3 is 2.17 bits per heavy atom. The zero-order chi connectivity index (χ0) is 60.1. The Balaban J connectivity index is 1.19. The fourth-order valence-corrected chi connectivity index (χ4v) is 13.5. The van der Waals surface area contributed by atoms with Crippen molar-refractivity contribution in [2.75, 3.05) is 78.5 Å². The normalized spacial score (nSPS) is 37.1. The van der Waals surface area contributed by atoms with Gasteiger partial charge in [-0.1, -0.05) is 33.8 Å². The van der Waals surface area contributed by atoms with E-state index >= 15 is 0 Å². The monoisotopic (exact) mass is 1170 g/mol. The summed E-state index contributed by atoms with van der Waals surface area (Å²) in [4.78, 5) is 56.1. The molecule has 5 heterocycles. The number of nitrogens with zero attached hydrogens (tertiary/aromatic N) is 3. The summed E-state index contributed by atoms with van der Waals surface area (Å²) in [5, 5.41) is 50.5. The number of hydrogen-bond acceptors (Lipinski definition) is 21. The number of likely N-dealkylation sites (N-methyl/N-ethyl adjacent to an activating group) is 1. The first-order valence-electron chi connectivity index (χ1n) is 28.5. The molecule has 0 bridgehead atoms. The molecule has 2 aromatic rings. The molecule has 0 radical (unpaired) electrons. The average Bonchev–Trinajstić information content (AvgIpc) is 3.56. The molecule has 4 aliphatic rings. The Morgan fingerprint density at radius 2 is 1.56 bits per heavy atom. The molecule has 0 amide bonds. The average molecular weight is 1170 g/mol. The molecule has 0 spiro atoms. The molecule has 5 N–H and O–H groups in total. The van der Waals surface area contributed by atoms with E-state index in [0.717, 1.165) is 5.56 Å². The van der Waals surface area contributed by atoms with Crippen LogP contribution in [-0.4, -0.2) is 214 Å². The van der Waals surface area contributed by atoms with Crippen molar-refractivity contribution in [1.82, 2.24) is 14.9 Å². The number of nitrogens with one attached hydrogen (secondary N) is 1. The lowest BCUT2D eigenvalue weighted by Crippen LogP contribution is -2.62. The van der Waals surface area contributed by atoms with Gasteiger partial charge in [-0.2, -0.15) is 8.42 Å². The van der Waals surface area contributed by atoms with E-state index in [4.69, 9.17) is 42.1 Å². The predicted molar refractivity (Wildman–Crippen MR) is 299 cm³/mol. The van der Waals surface area contributed by atoms with E-state index in [0.29, 0.717) is 57.6 Å². The number of ketones is 1. The molecule has 0 saturated carbocycles. The summed E-state index contributed by atoms with van der Waals surface area (Å²) in [6.45, 7) is 19.0. The topological polar surface area (TPSA) is 290 Å². The van der Waals surface area contributed by atoms with Crippen LogP contribution < -0.4 is 15.8 Å². The number of carbonyl (C=O) groups excluding carboxylic acids is 2. The second-order valence-electron chi connectivity index (χ2n) is 23.8. The summed E-state index contributed by atoms with van der Waals surface area (Å²) in [6.07, 6.45) is -8.16. The highest BCUT2D eigenvalue weighted by Gasteiger charge is 2.55. The van der Waals surface area contributed by atoms with Crippen LogP contribution in [0.4, 0.5) is 0 Å². The fourth-order valence-electron chi connectivity index (χ4n) is 12.4. The third-order valence-corrected chi connectivity index (χ3v) is 18.6. The first-order valence-corrected chi connectivity index (χ1v) is 30.1. The van der Waals surface area contributed by atoms with Crippen LogP contribution in [-0.2, 0) is 68.2 Å². The highest BCUT2D eigenvalue weighted by Crippen LogP contribution is 2.42. The van der Waals surface area contributed by atoms with Gasteiger partial charge in [-0.3, -0.25) is 23.2 Å². The van der Waals surface area contributed by atoms with Gasteiger partial charge >= 0.3 is 11.9 Å². The Labute approximate surface area is 477 Å². The van der Waals surface area contributed by atoms with Crippen LogP contribution in [0, 0.1) is 23.7 Å². The molecule has 460 valence electrons. The summed E-state index contributed by atoms with van der Waals surface area (Å²) in [5.74, 6) is -6.76. The molecule has 1 aromatic carbocycles. The lowest BCUT2D eigenvalue weighted by molar-refractivity contribution is -0.317. The second-order valence-corrected chi connectivity index (χ2v) is 25.5. The molecule has 6 rings (SSSR count). The molecule has 24 heteroatoms. The molecule has 4 fully saturated rings. The van der Waals surface area contributed by atoms with Crippen molar-refractivity contribution in [1.29, 1.82) is 0 Å². The van der Waals surface area contributed by atoms with Gasteiger partial charge in [-0.25, -0.2) is 4.79 Å². The summed E-state index contributed by atoms with van der Waals surface area (Å²) >= 11 is 0. The van der Waals surface area contributed by atoms with Crippen LogP contribution in [0.3, 0.4) is 0 Å². The van der Waals surface area contributed by atoms with E-state index in [1.165, 1.54) is 34.3 Å². The van der Waals surface area contributed by atoms with E-state index < -0.39 is 129 Å². The van der Waals surface area contributed by atoms with Gasteiger partial charge in [0.2, 0.25) is 5.43 Å². The number of hydrogen-bond donors (Lipinski definition) is 5. The number of carboxylic acid groups (broad SMARTS) is 1. The number of rotatable bonds is 19. The zero-order valence-corrected chi connectivity index (χ0v) is 50.6. The summed E-state index contributed by atoms with van der Waals surface area (Å²) in [7, 11) is 2.37. The number of aryl methyl sites for hydroxylation is 1. The van der Waals surface area contributed by atoms with E-state index in [1.807, 2.05) is 37.0 Å². The van der Waals surface area contributed by atoms with Crippen LogP contribution in [0.25, 0.3) is 10.9 Å². The zero-order valence-electron chi connectivity index (χ0n) is 49.8. The van der Waals surface area contributed by atoms with Crippen LogP contribution in [0.5, 0.6) is 0 Å². The van der Waals surface area contributed by atoms with Gasteiger partial charge in [0.1, 0.15) is 35.3 Å². The van der Waals surface area contributed by atoms with Gasteiger partial charge in [0.15, 0.2) is 12.6 Å². The van der Waals surface area contributed by atoms with E-state index in [2.05, 4.69) is 5.32 Å². The van der Waals surface area contributed by atoms with Crippen molar-refractivity contribution in [2.24, 2.45) is 23.7 Å². The largest absolute Gasteiger partial charge is 0.477 e. The van der Waals surface area contributed by atoms with Gasteiger partial charge in [0.25, 0.3) is 10.1 Å². The highest BCUT2D eigenvalue weighted by molar-refractivity contribution is 7.86. The third-order valence-electron chi connectivity index (χ3n) is 17.4. The van der Waals surface area contributed by atoms with Crippen molar-refractivity contribution >= 4 is 38.7 Å². The number of pyridine rings is 1. The maximum Gasteiger partial charge on any atom is 0.341 e. The lowest BCUT2D eigenvalue weighted by atomic mass is 9.74. The number of aromatic carboxylic acids is 1. The van der Waals surface area contributed by atoms with Crippen molar-refractivity contribution in [3.05, 3.63) is 45.7 Å². The number of ether oxygens (including phenoxy) is 8. The first-order chi connectivity index (χ1) is 37.9. The Kier molecular flexibility index (Phi) is 22.6. The molecular formula is C57H92N4O19S. The quantitative estimate of drug-likeness (QED) is 0.0768. The number of esters is 1. The van der Waals surface area contributed by atoms with Gasteiger partial charge in [-0.15, -0.1) is 0 Å². The minimum Gasteiger partial charge on any atom is -0.477 e. The standard InChI is InChI=1S/C57H92N4O19S/c1-15-43-57(10,69)49(65)34(4)45(62)32(2)29-55(8,72-13)50(79-54-47(64)42(59(11)12)27-33(3)75-54)35(5)48(36(6)53(68)77-43)78-44-30-56(9,73-14)51(37(7)76-44)80-81(70,71)26-21-58-20-16-17-38-18-19-41-39(28-38)46(63)40(52(66)67)31-61(41)60-22-24-74-25-23-60/h18-19,28,31-37,42-44,47-51,54,58,64-65,69H,15-17,20-27,29-30H2,1-14H3,(H,66,67)/t32-,33-,34?,35+,36-,37+,42+,43-,44+,47-,48+,49-,50-,51+,54+,55-,56-,57-/m1/s1. The number of cyclic esters (lactones) is 1. The second kappa shape index (κ2) is 27.5.